The first-order chi connectivity index (χ1) is 22.4. The number of aryl methyl sites for hydroxylation is 1. The van der Waals surface area contributed by atoms with Crippen molar-refractivity contribution in [2.45, 2.75) is 44.8 Å². The summed E-state index contributed by atoms with van der Waals surface area (Å²) in [5.74, 6) is 0.859. The predicted octanol–water partition coefficient (Wildman–Crippen LogP) is 4.10. The van der Waals surface area contributed by atoms with Crippen LogP contribution in [-0.2, 0) is 17.8 Å². The highest BCUT2D eigenvalue weighted by molar-refractivity contribution is 5.88. The van der Waals surface area contributed by atoms with Crippen molar-refractivity contribution in [3.63, 3.8) is 0 Å². The molecule has 11 heteroatoms. The zero-order valence-electron chi connectivity index (χ0n) is 26.3. The summed E-state index contributed by atoms with van der Waals surface area (Å²) in [6.45, 7) is 11.0. The maximum atomic E-state index is 14.1. The molecule has 0 saturated carbocycles. The van der Waals surface area contributed by atoms with Gasteiger partial charge in [-0.25, -0.2) is 4.79 Å². The summed E-state index contributed by atoms with van der Waals surface area (Å²) in [4.78, 5) is 40.3. The molecule has 238 valence electrons. The number of aromatic nitrogens is 3. The average molecular weight is 620 g/mol. The number of carbonyl (C=O) groups is 2. The van der Waals surface area contributed by atoms with Crippen LogP contribution in [-0.4, -0.2) is 93.2 Å². The lowest BCUT2D eigenvalue weighted by Gasteiger charge is -2.43. The standard InChI is InChI=1S/C35H41N9O2/c1-24-19-26(20-28-22-37-40-33(24)28)21-32(34(45)42-17-15-41(16-18-42)29-7-11-36-12-8-29)39-35(46)43-13-9-30(10-14-43)44-23-27-5-3-4-6-31(27)38-25(44)2/h3-8,11-12,19-20,22,30,32,38H,2,9-10,13-18,21,23H2,1H3,(H,37,40)(H,39,46). The summed E-state index contributed by atoms with van der Waals surface area (Å²) < 4.78 is 0. The van der Waals surface area contributed by atoms with Gasteiger partial charge in [0.05, 0.1) is 17.5 Å². The number of amides is 3. The van der Waals surface area contributed by atoms with Crippen LogP contribution in [0.2, 0.25) is 0 Å². The second kappa shape index (κ2) is 12.7. The third kappa shape index (κ3) is 6.09. The number of rotatable bonds is 6. The molecule has 46 heavy (non-hydrogen) atoms. The number of piperidine rings is 1. The maximum Gasteiger partial charge on any atom is 0.318 e. The minimum Gasteiger partial charge on any atom is -0.368 e. The number of anilines is 2. The van der Waals surface area contributed by atoms with Crippen LogP contribution >= 0.6 is 0 Å². The summed E-state index contributed by atoms with van der Waals surface area (Å²) in [7, 11) is 0. The van der Waals surface area contributed by atoms with Gasteiger partial charge in [-0.2, -0.15) is 5.10 Å². The van der Waals surface area contributed by atoms with Crippen LogP contribution in [0, 0.1) is 6.92 Å². The van der Waals surface area contributed by atoms with Crippen LogP contribution in [0.1, 0.15) is 29.5 Å². The van der Waals surface area contributed by atoms with Crippen molar-refractivity contribution < 1.29 is 9.59 Å². The van der Waals surface area contributed by atoms with Crippen molar-refractivity contribution in [2.24, 2.45) is 0 Å². The first-order valence-electron chi connectivity index (χ1n) is 16.2. The average Bonchev–Trinajstić information content (AvgIpc) is 3.57. The molecule has 3 aliphatic heterocycles. The fraction of sp³-hybridized carbons (Fsp3) is 0.371. The Bertz CT molecular complexity index is 1720. The SMILES string of the molecule is C=C1Nc2ccccc2CN1C1CCN(C(=O)NC(Cc2cc(C)c3[nH]ncc3c2)C(=O)N2CCN(c3ccncc3)CC2)CC1. The van der Waals surface area contributed by atoms with Gasteiger partial charge in [-0.3, -0.25) is 14.9 Å². The quantitative estimate of drug-likeness (QED) is 0.298. The number of hydrogen-bond acceptors (Lipinski definition) is 7. The number of H-pyrrole nitrogens is 1. The van der Waals surface area contributed by atoms with Gasteiger partial charge in [0.25, 0.3) is 0 Å². The molecule has 1 unspecified atom stereocenters. The van der Waals surface area contributed by atoms with Crippen molar-refractivity contribution in [2.75, 3.05) is 49.5 Å². The monoisotopic (exact) mass is 619 g/mol. The molecule has 1 atom stereocenters. The van der Waals surface area contributed by atoms with Crippen LogP contribution in [0.5, 0.6) is 0 Å². The molecule has 0 bridgehead atoms. The summed E-state index contributed by atoms with van der Waals surface area (Å²) in [6.07, 6.45) is 7.46. The van der Waals surface area contributed by atoms with Crippen LogP contribution < -0.4 is 15.5 Å². The van der Waals surface area contributed by atoms with Crippen molar-refractivity contribution >= 4 is 34.2 Å². The number of piperazine rings is 1. The zero-order valence-corrected chi connectivity index (χ0v) is 26.3. The second-order valence-electron chi connectivity index (χ2n) is 12.5. The minimum atomic E-state index is -0.677. The zero-order chi connectivity index (χ0) is 31.6. The number of hydrogen-bond donors (Lipinski definition) is 3. The number of aromatic amines is 1. The fourth-order valence-electron chi connectivity index (χ4n) is 7.08. The lowest BCUT2D eigenvalue weighted by Crippen LogP contribution is -2.58. The number of carbonyl (C=O) groups excluding carboxylic acids is 2. The minimum absolute atomic E-state index is 0.0445. The van der Waals surface area contributed by atoms with E-state index in [0.717, 1.165) is 71.7 Å². The van der Waals surface area contributed by atoms with Crippen molar-refractivity contribution in [1.82, 2.24) is 35.2 Å². The van der Waals surface area contributed by atoms with E-state index in [1.165, 1.54) is 5.56 Å². The number of urea groups is 1. The topological polar surface area (TPSA) is 113 Å². The summed E-state index contributed by atoms with van der Waals surface area (Å²) >= 11 is 0. The number of likely N-dealkylation sites (tertiary alicyclic amines) is 1. The van der Waals surface area contributed by atoms with Crippen LogP contribution in [0.15, 0.2) is 79.5 Å². The second-order valence-corrected chi connectivity index (χ2v) is 12.5. The molecule has 3 amide bonds. The smallest absolute Gasteiger partial charge is 0.318 e. The first kappa shape index (κ1) is 29.6. The van der Waals surface area contributed by atoms with Gasteiger partial charge in [-0.05, 0) is 60.7 Å². The van der Waals surface area contributed by atoms with Gasteiger partial charge in [0.2, 0.25) is 5.91 Å². The Morgan fingerprint density at radius 2 is 1.76 bits per heavy atom. The summed E-state index contributed by atoms with van der Waals surface area (Å²) in [5.41, 5.74) is 6.51. The van der Waals surface area contributed by atoms with Crippen LogP contribution in [0.4, 0.5) is 16.2 Å². The van der Waals surface area contributed by atoms with Crippen LogP contribution in [0.3, 0.4) is 0 Å². The third-order valence-electron chi connectivity index (χ3n) is 9.64. The molecular weight excluding hydrogens is 578 g/mol. The van der Waals surface area contributed by atoms with Crippen molar-refractivity contribution in [3.8, 4) is 0 Å². The Balaban J connectivity index is 1.02. The van der Waals surface area contributed by atoms with Crippen molar-refractivity contribution in [3.05, 3.63) is 96.2 Å². The molecule has 4 aromatic rings. The molecule has 0 spiro atoms. The van der Waals surface area contributed by atoms with E-state index in [-0.39, 0.29) is 18.0 Å². The molecule has 0 radical (unpaired) electrons. The summed E-state index contributed by atoms with van der Waals surface area (Å²) in [5, 5.41) is 14.8. The summed E-state index contributed by atoms with van der Waals surface area (Å²) in [6, 6.07) is 15.9. The molecule has 11 nitrogen and oxygen atoms in total. The third-order valence-corrected chi connectivity index (χ3v) is 9.64. The highest BCUT2D eigenvalue weighted by Crippen LogP contribution is 2.31. The Morgan fingerprint density at radius 1 is 1.00 bits per heavy atom. The lowest BCUT2D eigenvalue weighted by molar-refractivity contribution is -0.133. The van der Waals surface area contributed by atoms with E-state index in [4.69, 9.17) is 0 Å². The molecule has 5 heterocycles. The first-order valence-corrected chi connectivity index (χ1v) is 16.2. The number of pyridine rings is 1. The van der Waals surface area contributed by atoms with Gasteiger partial charge in [0.1, 0.15) is 6.04 Å². The molecule has 3 N–H and O–H groups in total. The Labute approximate surface area is 269 Å². The molecular formula is C35H41N9O2. The van der Waals surface area contributed by atoms with E-state index in [2.05, 4.69) is 72.5 Å². The molecule has 2 saturated heterocycles. The van der Waals surface area contributed by atoms with Gasteiger partial charge in [-0.1, -0.05) is 30.8 Å². The number of nitrogens with one attached hydrogen (secondary N) is 3. The number of fused-ring (bicyclic) bond motifs is 2. The number of benzene rings is 2. The van der Waals surface area contributed by atoms with Crippen LogP contribution in [0.25, 0.3) is 10.9 Å². The lowest BCUT2D eigenvalue weighted by atomic mass is 9.99. The van der Waals surface area contributed by atoms with Gasteiger partial charge in [0.15, 0.2) is 0 Å². The Hall–Kier alpha value is -5.06. The molecule has 2 aromatic carbocycles. The van der Waals surface area contributed by atoms with E-state index < -0.39 is 6.04 Å². The van der Waals surface area contributed by atoms with E-state index >= 15 is 0 Å². The van der Waals surface area contributed by atoms with Gasteiger partial charge < -0.3 is 30.2 Å². The molecule has 0 aliphatic carbocycles. The molecule has 7 rings (SSSR count). The van der Waals surface area contributed by atoms with E-state index in [0.29, 0.717) is 32.6 Å². The fourth-order valence-corrected chi connectivity index (χ4v) is 7.08. The highest BCUT2D eigenvalue weighted by atomic mass is 16.2. The highest BCUT2D eigenvalue weighted by Gasteiger charge is 2.33. The normalized spacial score (nSPS) is 17.9. The maximum absolute atomic E-state index is 14.1. The van der Waals surface area contributed by atoms with E-state index in [1.807, 2.05) is 34.9 Å². The van der Waals surface area contributed by atoms with E-state index in [1.54, 1.807) is 18.6 Å². The molecule has 2 fully saturated rings. The molecule has 3 aliphatic rings. The van der Waals surface area contributed by atoms with Crippen molar-refractivity contribution in [1.29, 1.82) is 0 Å². The van der Waals surface area contributed by atoms with E-state index in [9.17, 15) is 9.59 Å². The predicted molar refractivity (Wildman–Crippen MR) is 179 cm³/mol. The van der Waals surface area contributed by atoms with Gasteiger partial charge in [-0.15, -0.1) is 0 Å². The number of nitrogens with zero attached hydrogens (tertiary/aromatic N) is 6. The Morgan fingerprint density at radius 3 is 2.54 bits per heavy atom. The number of para-hydroxylation sites is 1. The molecule has 2 aromatic heterocycles. The van der Waals surface area contributed by atoms with Gasteiger partial charge in [0, 0.05) is 87.4 Å². The van der Waals surface area contributed by atoms with Gasteiger partial charge >= 0.3 is 6.03 Å². The Kier molecular flexibility index (Phi) is 8.21. The largest absolute Gasteiger partial charge is 0.368 e.